The Labute approximate surface area is 167 Å². The Kier molecular flexibility index (Phi) is 7.43. The van der Waals surface area contributed by atoms with Crippen molar-refractivity contribution < 1.29 is 39.4 Å². The summed E-state index contributed by atoms with van der Waals surface area (Å²) >= 11 is 0. The number of hydrogen-bond donors (Lipinski definition) is 6. The number of aryl methyl sites for hydroxylation is 1. The Morgan fingerprint density at radius 3 is 2.55 bits per heavy atom. The normalized spacial score (nSPS) is 14.7. The van der Waals surface area contributed by atoms with E-state index in [2.05, 4.69) is 5.32 Å². The molecule has 0 spiro atoms. The molecule has 0 radical (unpaired) electrons. The van der Waals surface area contributed by atoms with Crippen molar-refractivity contribution in [2.45, 2.75) is 31.8 Å². The average Bonchev–Trinajstić information content (AvgIpc) is 2.62. The van der Waals surface area contributed by atoms with E-state index < -0.39 is 42.5 Å². The quantitative estimate of drug-likeness (QED) is 0.255. The lowest BCUT2D eigenvalue weighted by Crippen LogP contribution is -2.60. The van der Waals surface area contributed by atoms with Gasteiger partial charge in [-0.1, -0.05) is 6.07 Å². The van der Waals surface area contributed by atoms with E-state index in [1.54, 1.807) is 0 Å². The van der Waals surface area contributed by atoms with Crippen molar-refractivity contribution in [3.63, 3.8) is 0 Å². The molecule has 2 rings (SSSR count). The second-order valence-electron chi connectivity index (χ2n) is 6.75. The molecule has 1 unspecified atom stereocenters. The van der Waals surface area contributed by atoms with Crippen molar-refractivity contribution in [3.05, 3.63) is 23.3 Å². The molecule has 7 N–H and O–H groups in total. The average molecular weight is 409 g/mol. The first-order valence-corrected chi connectivity index (χ1v) is 9.03. The van der Waals surface area contributed by atoms with E-state index in [0.29, 0.717) is 0 Å². The number of amides is 2. The molecular weight excluding hydrogens is 385 g/mol. The number of rotatable bonds is 9. The summed E-state index contributed by atoms with van der Waals surface area (Å²) in [5, 5.41) is 40.0. The Balaban J connectivity index is 2.01. The summed E-state index contributed by atoms with van der Waals surface area (Å²) in [6, 6.07) is 2.09. The van der Waals surface area contributed by atoms with Crippen LogP contribution in [-0.4, -0.2) is 81.8 Å². The van der Waals surface area contributed by atoms with Gasteiger partial charge in [-0.25, -0.2) is 4.79 Å². The topological polar surface area (TPSA) is 183 Å². The van der Waals surface area contributed by atoms with Gasteiger partial charge in [0.05, 0.1) is 19.6 Å². The Hall–Kier alpha value is -2.83. The molecule has 1 aromatic carbocycles. The van der Waals surface area contributed by atoms with E-state index in [4.69, 9.17) is 20.5 Å². The highest BCUT2D eigenvalue weighted by molar-refractivity contribution is 6.41. The molecule has 158 valence electrons. The monoisotopic (exact) mass is 409 g/mol. The maximum Gasteiger partial charge on any atom is 0.451 e. The van der Waals surface area contributed by atoms with Crippen LogP contribution in [0.3, 0.4) is 0 Å². The van der Waals surface area contributed by atoms with Crippen molar-refractivity contribution in [1.82, 2.24) is 10.2 Å². The summed E-state index contributed by atoms with van der Waals surface area (Å²) in [6.07, 6.45) is -0.466. The number of nitrogens with zero attached hydrogens (tertiary/aromatic N) is 1. The third kappa shape index (κ3) is 5.59. The van der Waals surface area contributed by atoms with E-state index in [9.17, 15) is 24.6 Å². The molecule has 1 aromatic rings. The van der Waals surface area contributed by atoms with E-state index in [1.807, 2.05) is 0 Å². The molecule has 12 heteroatoms. The molecule has 11 nitrogen and oxygen atoms in total. The molecule has 29 heavy (non-hydrogen) atoms. The molecule has 1 aliphatic heterocycles. The van der Waals surface area contributed by atoms with Gasteiger partial charge >= 0.3 is 13.1 Å². The standard InChI is InChI=1S/C17H24BN3O8/c1-9(20-13(22)6-19)16(24)21-7-11(8-21)29-12-3-2-10(4-5-18(27)28)15(23)14(12)17(25)26/h2-3,9,11,23,27-28H,4-8,19H2,1H3,(H,20,22)(H,25,26). The number of carboxylic acid groups (broad SMARTS) is 1. The van der Waals surface area contributed by atoms with E-state index in [1.165, 1.54) is 24.0 Å². The fourth-order valence-corrected chi connectivity index (χ4v) is 2.92. The lowest BCUT2D eigenvalue weighted by Gasteiger charge is -2.40. The van der Waals surface area contributed by atoms with Crippen molar-refractivity contribution in [3.8, 4) is 11.5 Å². The van der Waals surface area contributed by atoms with Gasteiger partial charge in [0.15, 0.2) is 0 Å². The lowest BCUT2D eigenvalue weighted by atomic mass is 9.82. The van der Waals surface area contributed by atoms with Crippen LogP contribution in [0.15, 0.2) is 12.1 Å². The molecule has 0 aliphatic carbocycles. The van der Waals surface area contributed by atoms with Crippen molar-refractivity contribution in [1.29, 1.82) is 0 Å². The van der Waals surface area contributed by atoms with E-state index in [0.717, 1.165) is 0 Å². The Morgan fingerprint density at radius 2 is 2.00 bits per heavy atom. The lowest BCUT2D eigenvalue weighted by molar-refractivity contribution is -0.143. The van der Waals surface area contributed by atoms with Gasteiger partial charge in [-0.3, -0.25) is 9.59 Å². The molecule has 2 amide bonds. The smallest absolute Gasteiger partial charge is 0.451 e. The third-order valence-corrected chi connectivity index (χ3v) is 4.50. The minimum atomic E-state index is -1.57. The molecule has 0 bridgehead atoms. The fraction of sp³-hybridized carbons (Fsp3) is 0.471. The van der Waals surface area contributed by atoms with Crippen molar-refractivity contribution in [2.24, 2.45) is 5.73 Å². The number of carboxylic acids is 1. The van der Waals surface area contributed by atoms with Gasteiger partial charge in [0.2, 0.25) is 11.8 Å². The third-order valence-electron chi connectivity index (χ3n) is 4.50. The van der Waals surface area contributed by atoms with Crippen LogP contribution in [-0.2, 0) is 16.0 Å². The first kappa shape index (κ1) is 22.5. The molecule has 1 fully saturated rings. The number of nitrogens with one attached hydrogen (secondary N) is 1. The maximum atomic E-state index is 12.2. The van der Waals surface area contributed by atoms with Gasteiger partial charge in [0.1, 0.15) is 29.2 Å². The zero-order valence-corrected chi connectivity index (χ0v) is 15.9. The molecule has 1 atom stereocenters. The SMILES string of the molecule is CC(NC(=O)CN)C(=O)N1CC(Oc2ccc(CCB(O)O)c(O)c2C(=O)O)C1. The number of aromatic hydroxyl groups is 1. The molecule has 0 saturated carbocycles. The second-order valence-corrected chi connectivity index (χ2v) is 6.75. The highest BCUT2D eigenvalue weighted by Gasteiger charge is 2.36. The van der Waals surface area contributed by atoms with Crippen LogP contribution in [0.4, 0.5) is 0 Å². The van der Waals surface area contributed by atoms with Gasteiger partial charge in [-0.05, 0) is 31.3 Å². The van der Waals surface area contributed by atoms with Crippen LogP contribution in [0.25, 0.3) is 0 Å². The second kappa shape index (κ2) is 9.59. The summed E-state index contributed by atoms with van der Waals surface area (Å²) in [5.74, 6) is -2.71. The number of likely N-dealkylation sites (tertiary alicyclic amines) is 1. The minimum absolute atomic E-state index is 0.0510. The van der Waals surface area contributed by atoms with Crippen LogP contribution in [0.5, 0.6) is 11.5 Å². The number of phenols is 1. The first-order chi connectivity index (χ1) is 13.6. The van der Waals surface area contributed by atoms with Gasteiger partial charge in [-0.15, -0.1) is 0 Å². The number of carbonyl (C=O) groups excluding carboxylic acids is 2. The van der Waals surface area contributed by atoms with E-state index >= 15 is 0 Å². The largest absolute Gasteiger partial charge is 0.507 e. The summed E-state index contributed by atoms with van der Waals surface area (Å²) in [7, 11) is -1.57. The molecule has 1 aliphatic rings. The van der Waals surface area contributed by atoms with Gasteiger partial charge in [-0.2, -0.15) is 0 Å². The number of ether oxygens (including phenoxy) is 1. The van der Waals surface area contributed by atoms with Crippen molar-refractivity contribution >= 4 is 24.9 Å². The number of carbonyl (C=O) groups is 3. The molecule has 1 saturated heterocycles. The summed E-state index contributed by atoms with van der Waals surface area (Å²) < 4.78 is 5.63. The predicted octanol–water partition coefficient (Wildman–Crippen LogP) is -1.84. The molecular formula is C17H24BN3O8. The highest BCUT2D eigenvalue weighted by atomic mass is 16.5. The Morgan fingerprint density at radius 1 is 1.34 bits per heavy atom. The summed E-state index contributed by atoms with van der Waals surface area (Å²) in [4.78, 5) is 36.5. The number of aromatic carboxylic acids is 1. The zero-order valence-electron chi connectivity index (χ0n) is 15.9. The van der Waals surface area contributed by atoms with Gasteiger partial charge in [0.25, 0.3) is 0 Å². The number of benzene rings is 1. The number of hydrogen-bond acceptors (Lipinski definition) is 8. The van der Waals surface area contributed by atoms with E-state index in [-0.39, 0.29) is 49.6 Å². The minimum Gasteiger partial charge on any atom is -0.507 e. The number of nitrogens with two attached hydrogens (primary N) is 1. The molecule has 1 heterocycles. The Bertz CT molecular complexity index is 782. The highest BCUT2D eigenvalue weighted by Crippen LogP contribution is 2.34. The van der Waals surface area contributed by atoms with Crippen molar-refractivity contribution in [2.75, 3.05) is 19.6 Å². The fourth-order valence-electron chi connectivity index (χ4n) is 2.92. The van der Waals surface area contributed by atoms with Crippen LogP contribution in [0.1, 0.15) is 22.8 Å². The summed E-state index contributed by atoms with van der Waals surface area (Å²) in [5.41, 5.74) is 5.02. The van der Waals surface area contributed by atoms with Crippen LogP contribution in [0, 0.1) is 0 Å². The summed E-state index contributed by atoms with van der Waals surface area (Å²) in [6.45, 7) is 1.70. The van der Waals surface area contributed by atoms with Crippen LogP contribution in [0.2, 0.25) is 6.32 Å². The maximum absolute atomic E-state index is 12.2. The predicted molar refractivity (Wildman–Crippen MR) is 101 cm³/mol. The first-order valence-electron chi connectivity index (χ1n) is 9.03. The van der Waals surface area contributed by atoms with Gasteiger partial charge in [0, 0.05) is 0 Å². The zero-order chi connectivity index (χ0) is 21.7. The van der Waals surface area contributed by atoms with Crippen LogP contribution < -0.4 is 15.8 Å². The van der Waals surface area contributed by atoms with Gasteiger partial charge < -0.3 is 40.9 Å². The molecule has 0 aromatic heterocycles. The van der Waals surface area contributed by atoms with Crippen LogP contribution >= 0.6 is 0 Å².